The van der Waals surface area contributed by atoms with Crippen LogP contribution in [-0.4, -0.2) is 88.7 Å². The summed E-state index contributed by atoms with van der Waals surface area (Å²) in [5.74, 6) is -1.91. The lowest BCUT2D eigenvalue weighted by molar-refractivity contribution is -0.151. The van der Waals surface area contributed by atoms with E-state index in [2.05, 4.69) is 21.0 Å². The minimum absolute atomic E-state index is 0.0106. The van der Waals surface area contributed by atoms with Gasteiger partial charge in [-0.25, -0.2) is 4.79 Å². The fourth-order valence-electron chi connectivity index (χ4n) is 8.00. The predicted octanol–water partition coefficient (Wildman–Crippen LogP) is 2.33. The number of carbonyl (C=O) groups excluding carboxylic acids is 4. The Hall–Kier alpha value is -4.71. The zero-order valence-electron chi connectivity index (χ0n) is 26.9. The summed E-state index contributed by atoms with van der Waals surface area (Å²) in [4.78, 5) is 58.5. The van der Waals surface area contributed by atoms with Crippen LogP contribution in [0.25, 0.3) is 0 Å². The number of likely N-dealkylation sites (tertiary alicyclic amines) is 1. The fraction of sp³-hybridized carbons (Fsp3) is 0.457. The van der Waals surface area contributed by atoms with Crippen LogP contribution in [0, 0.1) is 28.6 Å². The first kappa shape index (κ1) is 30.9. The van der Waals surface area contributed by atoms with E-state index in [9.17, 15) is 19.2 Å². The van der Waals surface area contributed by atoms with Crippen LogP contribution in [-0.2, 0) is 32.3 Å². The molecule has 3 aromatic rings. The van der Waals surface area contributed by atoms with Crippen LogP contribution in [0.2, 0.25) is 0 Å². The highest BCUT2D eigenvalue weighted by molar-refractivity contribution is 5.93. The van der Waals surface area contributed by atoms with Crippen molar-refractivity contribution in [1.82, 2.24) is 30.2 Å². The number of hydrogen-bond acceptors (Lipinski definition) is 6. The van der Waals surface area contributed by atoms with E-state index in [0.29, 0.717) is 31.9 Å². The highest BCUT2D eigenvalue weighted by Gasteiger charge is 2.70. The van der Waals surface area contributed by atoms with Crippen LogP contribution in [0.15, 0.2) is 73.1 Å². The van der Waals surface area contributed by atoms with Crippen LogP contribution >= 0.6 is 0 Å². The van der Waals surface area contributed by atoms with Crippen molar-refractivity contribution in [3.05, 3.63) is 84.2 Å². The lowest BCUT2D eigenvalue weighted by Gasteiger charge is -2.50. The topological polar surface area (TPSA) is 138 Å². The number of fused-ring (bicyclic) bond motifs is 3. The molecular weight excluding hydrogens is 598 g/mol. The van der Waals surface area contributed by atoms with Crippen molar-refractivity contribution >= 4 is 29.4 Å². The van der Waals surface area contributed by atoms with Gasteiger partial charge < -0.3 is 30.5 Å². The van der Waals surface area contributed by atoms with E-state index in [1.807, 2.05) is 79.4 Å². The van der Waals surface area contributed by atoms with Gasteiger partial charge in [-0.1, -0.05) is 74.5 Å². The Morgan fingerprint density at radius 3 is 2.36 bits per heavy atom. The van der Waals surface area contributed by atoms with E-state index >= 15 is 0 Å². The summed E-state index contributed by atoms with van der Waals surface area (Å²) in [5, 5.41) is 13.1. The van der Waals surface area contributed by atoms with Crippen molar-refractivity contribution in [2.24, 2.45) is 28.6 Å². The Morgan fingerprint density at radius 1 is 1.00 bits per heavy atom. The van der Waals surface area contributed by atoms with E-state index < -0.39 is 28.9 Å². The molecule has 8 rings (SSSR count). The van der Waals surface area contributed by atoms with E-state index in [0.717, 1.165) is 11.1 Å². The van der Waals surface area contributed by atoms with Crippen molar-refractivity contribution in [3.63, 3.8) is 0 Å². The summed E-state index contributed by atoms with van der Waals surface area (Å²) < 4.78 is 8.21. The summed E-state index contributed by atoms with van der Waals surface area (Å²) in [5.41, 5.74) is 1.53. The van der Waals surface area contributed by atoms with Crippen molar-refractivity contribution in [2.75, 3.05) is 38.5 Å². The number of benzene rings is 2. The van der Waals surface area contributed by atoms with E-state index in [1.165, 1.54) is 7.05 Å². The molecule has 4 aliphatic heterocycles. The van der Waals surface area contributed by atoms with Crippen molar-refractivity contribution in [2.45, 2.75) is 39.1 Å². The van der Waals surface area contributed by atoms with Gasteiger partial charge >= 0.3 is 6.03 Å². The van der Waals surface area contributed by atoms with Gasteiger partial charge in [0.25, 0.3) is 0 Å². The third-order valence-electron chi connectivity index (χ3n) is 10.6. The molecule has 47 heavy (non-hydrogen) atoms. The molecular formula is C35H41N7O5. The number of amides is 5. The van der Waals surface area contributed by atoms with Gasteiger partial charge in [0.1, 0.15) is 6.04 Å². The zero-order valence-corrected chi connectivity index (χ0v) is 26.9. The molecule has 4 saturated heterocycles. The molecule has 2 bridgehead atoms. The minimum atomic E-state index is -1.01. The molecule has 0 radical (unpaired) electrons. The Morgan fingerprint density at radius 2 is 1.68 bits per heavy atom. The zero-order chi connectivity index (χ0) is 32.9. The maximum atomic E-state index is 14.2. The molecule has 1 aliphatic carbocycles. The van der Waals surface area contributed by atoms with Crippen LogP contribution in [0.3, 0.4) is 0 Å². The van der Waals surface area contributed by atoms with Gasteiger partial charge in [-0.2, -0.15) is 5.10 Å². The van der Waals surface area contributed by atoms with Gasteiger partial charge in [0, 0.05) is 56.7 Å². The molecule has 2 aromatic carbocycles. The lowest BCUT2D eigenvalue weighted by atomic mass is 9.71. The Balaban J connectivity index is 1.11. The molecule has 1 saturated carbocycles. The minimum Gasteiger partial charge on any atom is -0.371 e. The van der Waals surface area contributed by atoms with Gasteiger partial charge in [-0.3, -0.25) is 19.1 Å². The average Bonchev–Trinajstić information content (AvgIpc) is 3.35. The second-order valence-electron chi connectivity index (χ2n) is 14.0. The first-order valence-electron chi connectivity index (χ1n) is 16.2. The summed E-state index contributed by atoms with van der Waals surface area (Å²) in [6.07, 6.45) is 2.64. The quantitative estimate of drug-likeness (QED) is 0.363. The molecule has 5 amide bonds. The second-order valence-corrected chi connectivity index (χ2v) is 14.0. The molecule has 5 aliphatic rings. The van der Waals surface area contributed by atoms with Gasteiger partial charge in [-0.05, 0) is 16.5 Å². The van der Waals surface area contributed by atoms with Gasteiger partial charge in [0.2, 0.25) is 17.7 Å². The molecule has 5 atom stereocenters. The predicted molar refractivity (Wildman–Crippen MR) is 173 cm³/mol. The number of ether oxygens (including phenoxy) is 1. The van der Waals surface area contributed by atoms with Crippen LogP contribution in [0.1, 0.15) is 25.0 Å². The number of anilines is 1. The molecule has 12 nitrogen and oxygen atoms in total. The normalized spacial score (nSPS) is 27.0. The highest BCUT2D eigenvalue weighted by Crippen LogP contribution is 2.63. The number of hydrogen-bond donors (Lipinski definition) is 3. The molecule has 1 spiro atoms. The number of urea groups is 1. The highest BCUT2D eigenvalue weighted by atomic mass is 16.5. The first-order chi connectivity index (χ1) is 22.6. The standard InChI is InChI=1S/C35H41N7O5/c1-34(2)26-27(34)32(45)41-20-35(21-41)19-40(33(46)38-24-14-37-42(16-24)15-22-10-6-4-7-11-22)17-25(35)30(43)39-28(31(44)36-3)29(26)47-18-23-12-8-5-9-13-23/h4-14,16,25-29H,15,17-21H2,1-3H3,(H,36,44)(H,38,46)(H,39,43)/t25-,26?,27+,28-,29+/m0/s1. The summed E-state index contributed by atoms with van der Waals surface area (Å²) in [6.45, 7) is 6.07. The molecule has 1 unspecified atom stereocenters. The molecule has 12 heteroatoms. The lowest BCUT2D eigenvalue weighted by Crippen LogP contribution is -2.65. The number of aromatic nitrogens is 2. The van der Waals surface area contributed by atoms with Gasteiger partial charge in [-0.15, -0.1) is 0 Å². The van der Waals surface area contributed by atoms with Gasteiger partial charge in [0.05, 0.1) is 37.1 Å². The smallest absolute Gasteiger partial charge is 0.321 e. The Bertz CT molecular complexity index is 1670. The molecule has 246 valence electrons. The SMILES string of the molecule is CNC(=O)[C@H]1NC(=O)[C@@H]2CN(C(=O)Nc3cnn(Cc4ccccc4)c3)CC23CN(C3)C(=O)[C@H]2C([C@H]1OCc1ccccc1)C2(C)C. The molecule has 5 fully saturated rings. The first-order valence-corrected chi connectivity index (χ1v) is 16.2. The molecule has 1 aromatic heterocycles. The monoisotopic (exact) mass is 639 g/mol. The van der Waals surface area contributed by atoms with Crippen LogP contribution < -0.4 is 16.0 Å². The van der Waals surface area contributed by atoms with E-state index in [4.69, 9.17) is 4.74 Å². The van der Waals surface area contributed by atoms with Crippen molar-refractivity contribution in [1.29, 1.82) is 0 Å². The maximum absolute atomic E-state index is 14.2. The van der Waals surface area contributed by atoms with Crippen molar-refractivity contribution < 1.29 is 23.9 Å². The van der Waals surface area contributed by atoms with Crippen LogP contribution in [0.4, 0.5) is 10.5 Å². The fourth-order valence-corrected chi connectivity index (χ4v) is 8.00. The molecule has 5 heterocycles. The maximum Gasteiger partial charge on any atom is 0.321 e. The number of rotatable bonds is 7. The van der Waals surface area contributed by atoms with E-state index in [1.54, 1.807) is 22.0 Å². The number of nitrogens with one attached hydrogen (secondary N) is 3. The summed E-state index contributed by atoms with van der Waals surface area (Å²) in [6, 6.07) is 18.2. The van der Waals surface area contributed by atoms with Gasteiger partial charge in [0.15, 0.2) is 0 Å². The van der Waals surface area contributed by atoms with Crippen LogP contribution in [0.5, 0.6) is 0 Å². The Labute approximate surface area is 273 Å². The number of nitrogens with zero attached hydrogens (tertiary/aromatic N) is 4. The third kappa shape index (κ3) is 5.64. The van der Waals surface area contributed by atoms with E-state index in [-0.39, 0.29) is 48.7 Å². The largest absolute Gasteiger partial charge is 0.371 e. The molecule has 3 N–H and O–H groups in total. The summed E-state index contributed by atoms with van der Waals surface area (Å²) >= 11 is 0. The number of carbonyl (C=O) groups is 4. The summed E-state index contributed by atoms with van der Waals surface area (Å²) in [7, 11) is 1.53. The third-order valence-corrected chi connectivity index (χ3v) is 10.6. The average molecular weight is 640 g/mol. The van der Waals surface area contributed by atoms with Crippen molar-refractivity contribution in [3.8, 4) is 0 Å². The number of likely N-dealkylation sites (N-methyl/N-ethyl adjacent to an activating group) is 1. The second kappa shape index (κ2) is 11.8. The Kier molecular flexibility index (Phi) is 7.78.